The quantitative estimate of drug-likeness (QED) is 0.177. The lowest BCUT2D eigenvalue weighted by molar-refractivity contribution is 1.18. The van der Waals surface area contributed by atoms with Crippen LogP contribution in [0.25, 0.3) is 78.3 Å². The molecule has 6 nitrogen and oxygen atoms in total. The number of aromatic nitrogens is 6. The molecule has 0 N–H and O–H groups in total. The lowest BCUT2D eigenvalue weighted by Gasteiger charge is -2.16. The van der Waals surface area contributed by atoms with Crippen molar-refractivity contribution in [2.24, 2.45) is 0 Å². The molecule has 3 aromatic carbocycles. The number of nitrogens with zero attached hydrogens (tertiary/aromatic N) is 6. The zero-order chi connectivity index (χ0) is 32.1. The van der Waals surface area contributed by atoms with Crippen LogP contribution in [0.2, 0.25) is 0 Å². The van der Waals surface area contributed by atoms with Crippen LogP contribution in [0, 0.1) is 0 Å². The summed E-state index contributed by atoms with van der Waals surface area (Å²) in [6.45, 7) is 0. The van der Waals surface area contributed by atoms with Crippen LogP contribution in [0.5, 0.6) is 0 Å². The maximum Gasteiger partial charge on any atom is 0.159 e. The Balaban J connectivity index is 1.40. The van der Waals surface area contributed by atoms with Crippen LogP contribution in [-0.2, 0) is 0 Å². The molecular weight excluding hydrogens is 589 g/mol. The van der Waals surface area contributed by atoms with Gasteiger partial charge in [0, 0.05) is 72.5 Å². The van der Waals surface area contributed by atoms with Gasteiger partial charge in [-0.05, 0) is 135 Å². The Hall–Kier alpha value is -6.66. The molecule has 0 saturated carbocycles. The van der Waals surface area contributed by atoms with Gasteiger partial charge in [-0.3, -0.25) is 19.9 Å². The molecule has 0 aliphatic heterocycles. The van der Waals surface area contributed by atoms with Gasteiger partial charge in [0.2, 0.25) is 0 Å². The lowest BCUT2D eigenvalue weighted by atomic mass is 9.90. The number of hydrogen-bond donors (Lipinski definition) is 0. The van der Waals surface area contributed by atoms with Gasteiger partial charge in [-0.15, -0.1) is 0 Å². The van der Waals surface area contributed by atoms with Crippen LogP contribution in [0.1, 0.15) is 0 Å². The normalized spacial score (nSPS) is 10.9. The summed E-state index contributed by atoms with van der Waals surface area (Å²) in [7, 11) is 0. The first-order chi connectivity index (χ1) is 23.8. The first-order valence-corrected chi connectivity index (χ1v) is 15.6. The fraction of sp³-hybridized carbons (Fsp3) is 0. The van der Waals surface area contributed by atoms with Crippen molar-refractivity contribution < 1.29 is 0 Å². The molecule has 226 valence electrons. The molecule has 6 heteroatoms. The van der Waals surface area contributed by atoms with E-state index in [-0.39, 0.29) is 0 Å². The van der Waals surface area contributed by atoms with Crippen molar-refractivity contribution in [1.29, 1.82) is 0 Å². The molecule has 0 aliphatic carbocycles. The third-order valence-corrected chi connectivity index (χ3v) is 8.33. The molecule has 0 amide bonds. The average molecular weight is 617 g/mol. The molecule has 8 aromatic rings. The monoisotopic (exact) mass is 616 g/mol. The highest BCUT2D eigenvalue weighted by Gasteiger charge is 2.17. The van der Waals surface area contributed by atoms with E-state index >= 15 is 0 Å². The van der Waals surface area contributed by atoms with Crippen molar-refractivity contribution in [3.8, 4) is 78.3 Å². The molecule has 5 heterocycles. The van der Waals surface area contributed by atoms with Crippen LogP contribution in [0.4, 0.5) is 0 Å². The first-order valence-electron chi connectivity index (χ1n) is 15.6. The van der Waals surface area contributed by atoms with Crippen molar-refractivity contribution in [2.75, 3.05) is 0 Å². The highest BCUT2D eigenvalue weighted by molar-refractivity contribution is 5.90. The Morgan fingerprint density at radius 2 is 0.688 bits per heavy atom. The maximum absolute atomic E-state index is 5.31. The topological polar surface area (TPSA) is 77.3 Å². The molecule has 0 radical (unpaired) electrons. The van der Waals surface area contributed by atoms with Crippen molar-refractivity contribution in [2.45, 2.75) is 0 Å². The summed E-state index contributed by atoms with van der Waals surface area (Å²) in [4.78, 5) is 27.3. The van der Waals surface area contributed by atoms with E-state index in [0.29, 0.717) is 5.82 Å². The molecule has 5 aromatic heterocycles. The Kier molecular flexibility index (Phi) is 7.79. The summed E-state index contributed by atoms with van der Waals surface area (Å²) < 4.78 is 0. The first kappa shape index (κ1) is 28.8. The second kappa shape index (κ2) is 13.0. The summed E-state index contributed by atoms with van der Waals surface area (Å²) in [5.74, 6) is 0.661. The van der Waals surface area contributed by atoms with Crippen molar-refractivity contribution in [3.05, 3.63) is 171 Å². The largest absolute Gasteiger partial charge is 0.265 e. The summed E-state index contributed by atoms with van der Waals surface area (Å²) >= 11 is 0. The van der Waals surface area contributed by atoms with Crippen LogP contribution in [-0.4, -0.2) is 29.9 Å². The molecule has 0 spiro atoms. The highest BCUT2D eigenvalue weighted by Crippen LogP contribution is 2.39. The fourth-order valence-electron chi connectivity index (χ4n) is 5.93. The summed E-state index contributed by atoms with van der Waals surface area (Å²) in [5, 5.41) is 0. The van der Waals surface area contributed by atoms with Crippen LogP contribution < -0.4 is 0 Å². The van der Waals surface area contributed by atoms with Crippen LogP contribution in [0.3, 0.4) is 0 Å². The molecular formula is C42H28N6. The second-order valence-electron chi connectivity index (χ2n) is 11.4. The molecule has 0 saturated heterocycles. The molecule has 0 atom stereocenters. The number of pyridine rings is 4. The van der Waals surface area contributed by atoms with Gasteiger partial charge in [0.05, 0.1) is 5.69 Å². The standard InChI is InChI=1S/C42H28N6/c1-2-4-33(5-3-1)42-47-28-40(38-24-34(29-6-14-43-15-7-29)22-35(25-38)30-8-16-44-17-9-30)41(48-42)39-26-36(31-10-18-45-19-11-31)23-37(27-39)32-12-20-46-21-13-32/h1-28H. The Bertz CT molecular complexity index is 2200. The van der Waals surface area contributed by atoms with Gasteiger partial charge >= 0.3 is 0 Å². The second-order valence-corrected chi connectivity index (χ2v) is 11.4. The van der Waals surface area contributed by atoms with E-state index in [1.165, 1.54) is 0 Å². The molecule has 0 bridgehead atoms. The molecule has 0 fully saturated rings. The summed E-state index contributed by atoms with van der Waals surface area (Å²) in [6.07, 6.45) is 16.5. The van der Waals surface area contributed by atoms with Crippen molar-refractivity contribution in [1.82, 2.24) is 29.9 Å². The van der Waals surface area contributed by atoms with Crippen molar-refractivity contribution in [3.63, 3.8) is 0 Å². The highest BCUT2D eigenvalue weighted by atomic mass is 14.9. The van der Waals surface area contributed by atoms with E-state index in [1.807, 2.05) is 135 Å². The van der Waals surface area contributed by atoms with E-state index in [4.69, 9.17) is 9.97 Å². The molecule has 0 unspecified atom stereocenters. The minimum Gasteiger partial charge on any atom is -0.265 e. The van der Waals surface area contributed by atoms with Crippen molar-refractivity contribution >= 4 is 0 Å². The predicted molar refractivity (Wildman–Crippen MR) is 191 cm³/mol. The van der Waals surface area contributed by atoms with Gasteiger partial charge < -0.3 is 0 Å². The van der Waals surface area contributed by atoms with E-state index in [2.05, 4.69) is 56.3 Å². The maximum atomic E-state index is 5.31. The Labute approximate surface area is 278 Å². The molecule has 8 rings (SSSR count). The van der Waals surface area contributed by atoms with Gasteiger partial charge in [-0.2, -0.15) is 0 Å². The smallest absolute Gasteiger partial charge is 0.159 e. The Morgan fingerprint density at radius 3 is 1.10 bits per heavy atom. The zero-order valence-corrected chi connectivity index (χ0v) is 25.8. The van der Waals surface area contributed by atoms with E-state index in [1.54, 1.807) is 0 Å². The number of rotatable bonds is 7. The third-order valence-electron chi connectivity index (χ3n) is 8.33. The summed E-state index contributed by atoms with van der Waals surface area (Å²) in [5.41, 5.74) is 13.3. The van der Waals surface area contributed by atoms with Gasteiger partial charge in [0.15, 0.2) is 5.82 Å². The minimum atomic E-state index is 0.661. The number of hydrogen-bond acceptors (Lipinski definition) is 6. The third kappa shape index (κ3) is 5.98. The summed E-state index contributed by atoms with van der Waals surface area (Å²) in [6, 6.07) is 39.6. The van der Waals surface area contributed by atoms with Gasteiger partial charge in [0.25, 0.3) is 0 Å². The van der Waals surface area contributed by atoms with Gasteiger partial charge in [0.1, 0.15) is 0 Å². The SMILES string of the molecule is c1ccc(-c2ncc(-c3cc(-c4ccncc4)cc(-c4ccncc4)c3)c(-c3cc(-c4ccncc4)cc(-c4ccncc4)c3)n2)cc1. The van der Waals surface area contributed by atoms with Gasteiger partial charge in [-0.1, -0.05) is 30.3 Å². The van der Waals surface area contributed by atoms with Crippen LogP contribution in [0.15, 0.2) is 171 Å². The zero-order valence-electron chi connectivity index (χ0n) is 25.8. The van der Waals surface area contributed by atoms with E-state index in [9.17, 15) is 0 Å². The van der Waals surface area contributed by atoms with Gasteiger partial charge in [-0.25, -0.2) is 9.97 Å². The van der Waals surface area contributed by atoms with Crippen LogP contribution >= 0.6 is 0 Å². The average Bonchev–Trinajstić information content (AvgIpc) is 3.19. The minimum absolute atomic E-state index is 0.661. The fourth-order valence-corrected chi connectivity index (χ4v) is 5.93. The predicted octanol–water partition coefficient (Wildman–Crippen LogP) is 9.73. The van der Waals surface area contributed by atoms with E-state index in [0.717, 1.165) is 72.5 Å². The van der Waals surface area contributed by atoms with E-state index < -0.39 is 0 Å². The molecule has 48 heavy (non-hydrogen) atoms. The Morgan fingerprint density at radius 1 is 0.312 bits per heavy atom. The lowest BCUT2D eigenvalue weighted by Crippen LogP contribution is -1.98. The molecule has 0 aliphatic rings. The number of benzene rings is 3.